The van der Waals surface area contributed by atoms with Crippen LogP contribution < -0.4 is 19.8 Å². The zero-order valence-corrected chi connectivity index (χ0v) is 23.9. The molecular weight excluding hydrogens is 542 g/mol. The lowest BCUT2D eigenvalue weighted by Gasteiger charge is -2.29. The molecule has 0 saturated heterocycles. The fraction of sp³-hybridized carbons (Fsp3) is 0.423. The highest BCUT2D eigenvalue weighted by atomic mass is 32.2. The summed E-state index contributed by atoms with van der Waals surface area (Å²) < 4.78 is 16.9. The number of aromatic nitrogens is 2. The van der Waals surface area contributed by atoms with E-state index in [0.29, 0.717) is 47.9 Å². The topological polar surface area (TPSA) is 145 Å². The van der Waals surface area contributed by atoms with Gasteiger partial charge >= 0.3 is 6.09 Å². The normalized spacial score (nSPS) is 13.8. The van der Waals surface area contributed by atoms with Crippen LogP contribution in [0.15, 0.2) is 33.8 Å². The smallest absolute Gasteiger partial charge is 0.410 e. The Morgan fingerprint density at radius 2 is 2.08 bits per heavy atom. The Kier molecular flexibility index (Phi) is 8.36. The Balaban J connectivity index is 1.51. The van der Waals surface area contributed by atoms with E-state index >= 15 is 0 Å². The molecule has 1 N–H and O–H groups in total. The highest BCUT2D eigenvalue weighted by Crippen LogP contribution is 2.38. The second-order valence-corrected chi connectivity index (χ2v) is 12.0. The molecule has 206 valence electrons. The Bertz CT molecular complexity index is 1400. The maximum atomic E-state index is 13.3. The van der Waals surface area contributed by atoms with E-state index in [0.717, 1.165) is 22.2 Å². The van der Waals surface area contributed by atoms with Gasteiger partial charge in [-0.3, -0.25) is 4.79 Å². The Labute approximate surface area is 234 Å². The number of ether oxygens (including phenoxy) is 2. The van der Waals surface area contributed by atoms with E-state index in [9.17, 15) is 20.0 Å². The minimum Gasteiger partial charge on any atom is -0.538 e. The van der Waals surface area contributed by atoms with Crippen molar-refractivity contribution in [1.29, 1.82) is 5.26 Å². The summed E-state index contributed by atoms with van der Waals surface area (Å²) in [6, 6.07) is 9.11. The van der Waals surface area contributed by atoms with Gasteiger partial charge in [0.15, 0.2) is 5.95 Å². The van der Waals surface area contributed by atoms with Gasteiger partial charge in [-0.1, -0.05) is 6.92 Å². The first-order valence-corrected chi connectivity index (χ1v) is 14.0. The molecule has 3 heterocycles. The minimum absolute atomic E-state index is 0.154. The molecule has 0 fully saturated rings. The lowest BCUT2D eigenvalue weighted by atomic mass is 10.0. The fourth-order valence-electron chi connectivity index (χ4n) is 3.97. The number of fused-ring (bicyclic) bond motifs is 1. The quantitative estimate of drug-likeness (QED) is 0.331. The molecule has 0 saturated carbocycles. The van der Waals surface area contributed by atoms with Gasteiger partial charge in [0.05, 0.1) is 29.7 Å². The average molecular weight is 572 g/mol. The predicted octanol–water partition coefficient (Wildman–Crippen LogP) is 3.77. The molecule has 3 aromatic rings. The molecule has 13 heteroatoms. The van der Waals surface area contributed by atoms with Crippen LogP contribution in [-0.2, 0) is 22.5 Å². The third-order valence-electron chi connectivity index (χ3n) is 5.86. The average Bonchev–Trinajstić information content (AvgIpc) is 3.44. The van der Waals surface area contributed by atoms with Crippen LogP contribution >= 0.6 is 23.1 Å². The standard InChI is InChI=1S/C26H29N5O6S2/c1-6-19(39-23-24(33)37-29-31(23)15-7-9-16(35-5)10-8-15)21(32)28-22-18(13-27)17-11-12-30(14-20(17)38-22)25(34)36-26(2,3)4/h7-10,19H,6,11-12,14H2,1-5H3,(H-,28,29,32,33). The van der Waals surface area contributed by atoms with Crippen molar-refractivity contribution in [2.45, 2.75) is 63.0 Å². The first-order chi connectivity index (χ1) is 18.5. The number of thiophene rings is 1. The van der Waals surface area contributed by atoms with Crippen LogP contribution in [0.25, 0.3) is 5.69 Å². The van der Waals surface area contributed by atoms with E-state index < -0.39 is 22.9 Å². The van der Waals surface area contributed by atoms with Gasteiger partial charge in [0.2, 0.25) is 11.6 Å². The van der Waals surface area contributed by atoms with Gasteiger partial charge in [-0.15, -0.1) is 11.3 Å². The fourth-order valence-corrected chi connectivity index (χ4v) is 6.16. The van der Waals surface area contributed by atoms with Crippen molar-refractivity contribution in [3.8, 4) is 23.5 Å². The first kappa shape index (κ1) is 28.3. The van der Waals surface area contributed by atoms with E-state index in [1.807, 2.05) is 27.7 Å². The second-order valence-electron chi connectivity index (χ2n) is 9.75. The number of hydrogen-bond donors (Lipinski definition) is 1. The molecule has 1 unspecified atom stereocenters. The molecule has 2 aromatic heterocycles. The molecule has 1 aliphatic heterocycles. The number of rotatable bonds is 7. The second kappa shape index (κ2) is 11.5. The minimum atomic E-state index is -0.662. The van der Waals surface area contributed by atoms with Crippen molar-refractivity contribution in [1.82, 2.24) is 10.2 Å². The monoisotopic (exact) mass is 571 g/mol. The maximum absolute atomic E-state index is 13.3. The summed E-state index contributed by atoms with van der Waals surface area (Å²) in [7, 11) is 1.55. The number of hydrogen-bond acceptors (Lipinski definition) is 10. The molecule has 0 bridgehead atoms. The number of carbonyl (C=O) groups is 2. The Morgan fingerprint density at radius 3 is 2.69 bits per heavy atom. The summed E-state index contributed by atoms with van der Waals surface area (Å²) in [5, 5.41) is 29.0. The van der Waals surface area contributed by atoms with Crippen LogP contribution in [0, 0.1) is 11.3 Å². The summed E-state index contributed by atoms with van der Waals surface area (Å²) in [6.07, 6.45) is 0.474. The number of benzene rings is 1. The summed E-state index contributed by atoms with van der Waals surface area (Å²) in [5.74, 6) is -0.372. The largest absolute Gasteiger partial charge is 0.538 e. The van der Waals surface area contributed by atoms with Gasteiger partial charge < -0.3 is 29.3 Å². The number of anilines is 1. The zero-order valence-electron chi connectivity index (χ0n) is 22.3. The number of nitrogens with zero attached hydrogens (tertiary/aromatic N) is 4. The van der Waals surface area contributed by atoms with Crippen molar-refractivity contribution in [3.63, 3.8) is 0 Å². The molecule has 11 nitrogen and oxygen atoms in total. The number of amides is 2. The van der Waals surface area contributed by atoms with E-state index in [1.54, 1.807) is 36.3 Å². The third-order valence-corrected chi connectivity index (χ3v) is 8.39. The summed E-state index contributed by atoms with van der Waals surface area (Å²) in [5.41, 5.74) is 1.19. The molecule has 4 rings (SSSR count). The van der Waals surface area contributed by atoms with Crippen molar-refractivity contribution < 1.29 is 33.4 Å². The Morgan fingerprint density at radius 1 is 1.36 bits per heavy atom. The Hall–Kier alpha value is -3.76. The molecule has 1 aromatic carbocycles. The van der Waals surface area contributed by atoms with Crippen LogP contribution in [0.3, 0.4) is 0 Å². The lowest BCUT2D eigenvalue weighted by Crippen LogP contribution is -2.39. The molecule has 1 aliphatic rings. The number of thioether (sulfide) groups is 1. The number of carbonyl (C=O) groups excluding carboxylic acids is 2. The van der Waals surface area contributed by atoms with Crippen LogP contribution in [-0.4, -0.2) is 46.7 Å². The van der Waals surface area contributed by atoms with Gasteiger partial charge in [-0.2, -0.15) is 5.26 Å². The zero-order chi connectivity index (χ0) is 28.3. The van der Waals surface area contributed by atoms with Gasteiger partial charge in [-0.25, -0.2) is 4.79 Å². The van der Waals surface area contributed by atoms with Gasteiger partial charge in [0.25, 0.3) is 5.03 Å². The molecule has 0 radical (unpaired) electrons. The van der Waals surface area contributed by atoms with Crippen LogP contribution in [0.5, 0.6) is 11.7 Å². The van der Waals surface area contributed by atoms with Crippen LogP contribution in [0.2, 0.25) is 0 Å². The van der Waals surface area contributed by atoms with Crippen molar-refractivity contribution in [3.05, 3.63) is 40.3 Å². The van der Waals surface area contributed by atoms with Crippen molar-refractivity contribution in [2.75, 3.05) is 19.0 Å². The first-order valence-electron chi connectivity index (χ1n) is 12.3. The molecule has 39 heavy (non-hydrogen) atoms. The molecule has 0 spiro atoms. The van der Waals surface area contributed by atoms with E-state index in [2.05, 4.69) is 16.7 Å². The predicted molar refractivity (Wildman–Crippen MR) is 142 cm³/mol. The SMILES string of the molecule is CCC(Sc1c([O-])on[n+]1-c1ccc(OC)cc1)C(=O)Nc1sc2c(c1C#N)CCN(C(=O)OC(C)(C)C)C2. The summed E-state index contributed by atoms with van der Waals surface area (Å²) >= 11 is 2.32. The summed E-state index contributed by atoms with van der Waals surface area (Å²) in [4.78, 5) is 28.3. The summed E-state index contributed by atoms with van der Waals surface area (Å²) in [6.45, 7) is 7.97. The number of nitriles is 1. The molecular formula is C26H29N5O6S2. The van der Waals surface area contributed by atoms with E-state index in [4.69, 9.17) is 14.0 Å². The highest BCUT2D eigenvalue weighted by molar-refractivity contribution is 8.00. The molecule has 1 atom stereocenters. The van der Waals surface area contributed by atoms with Crippen LogP contribution in [0.1, 0.15) is 50.1 Å². The molecule has 2 amide bonds. The highest BCUT2D eigenvalue weighted by Gasteiger charge is 2.32. The number of nitrogens with one attached hydrogen (secondary N) is 1. The lowest BCUT2D eigenvalue weighted by molar-refractivity contribution is -0.705. The van der Waals surface area contributed by atoms with Gasteiger partial charge in [-0.05, 0) is 67.8 Å². The van der Waals surface area contributed by atoms with E-state index in [-0.39, 0.29) is 10.9 Å². The maximum Gasteiger partial charge on any atom is 0.410 e. The van der Waals surface area contributed by atoms with Gasteiger partial charge in [0.1, 0.15) is 22.4 Å². The van der Waals surface area contributed by atoms with Crippen molar-refractivity contribution in [2.24, 2.45) is 0 Å². The van der Waals surface area contributed by atoms with E-state index in [1.165, 1.54) is 16.0 Å². The molecule has 0 aliphatic carbocycles. The van der Waals surface area contributed by atoms with Crippen molar-refractivity contribution >= 4 is 40.1 Å². The number of methoxy groups -OCH3 is 1. The third kappa shape index (κ3) is 6.29. The van der Waals surface area contributed by atoms with Gasteiger partial charge in [0, 0.05) is 23.6 Å². The van der Waals surface area contributed by atoms with Crippen LogP contribution in [0.4, 0.5) is 9.80 Å².